The molecule has 0 aliphatic carbocycles. The van der Waals surface area contributed by atoms with Gasteiger partial charge in [-0.3, -0.25) is 4.98 Å². The van der Waals surface area contributed by atoms with E-state index >= 15 is 0 Å². The van der Waals surface area contributed by atoms with Crippen molar-refractivity contribution in [2.75, 3.05) is 5.32 Å². The van der Waals surface area contributed by atoms with Gasteiger partial charge in [0.25, 0.3) is 0 Å². The number of rotatable bonds is 4. The lowest BCUT2D eigenvalue weighted by Gasteiger charge is -2.22. The first-order chi connectivity index (χ1) is 9.44. The van der Waals surface area contributed by atoms with Crippen molar-refractivity contribution in [3.05, 3.63) is 53.9 Å². The molecule has 3 nitrogen and oxygen atoms in total. The summed E-state index contributed by atoms with van der Waals surface area (Å²) in [7, 11) is 0. The van der Waals surface area contributed by atoms with Gasteiger partial charge >= 0.3 is 0 Å². The predicted molar refractivity (Wildman–Crippen MR) is 83.1 cm³/mol. The fourth-order valence-electron chi connectivity index (χ4n) is 1.95. The molecule has 0 aliphatic heterocycles. The summed E-state index contributed by atoms with van der Waals surface area (Å²) in [6.45, 7) is 9.04. The maximum absolute atomic E-state index is 5.86. The normalized spacial score (nSPS) is 11.2. The van der Waals surface area contributed by atoms with E-state index < -0.39 is 0 Å². The van der Waals surface area contributed by atoms with Gasteiger partial charge in [0.05, 0.1) is 0 Å². The molecule has 0 unspecified atom stereocenters. The molecule has 1 N–H and O–H groups in total. The van der Waals surface area contributed by atoms with Crippen LogP contribution in [0.25, 0.3) is 0 Å². The molecule has 106 valence electrons. The molecule has 0 radical (unpaired) electrons. The monoisotopic (exact) mass is 270 g/mol. The number of aryl methyl sites for hydroxylation is 1. The average Bonchev–Trinajstić information content (AvgIpc) is 2.37. The Hall–Kier alpha value is -2.03. The number of hydrogen-bond acceptors (Lipinski definition) is 3. The van der Waals surface area contributed by atoms with Gasteiger partial charge in [0, 0.05) is 24.6 Å². The number of anilines is 1. The molecule has 0 saturated carbocycles. The number of nitrogens with zero attached hydrogens (tertiary/aromatic N) is 1. The Morgan fingerprint density at radius 2 is 1.80 bits per heavy atom. The van der Waals surface area contributed by atoms with Gasteiger partial charge in [0.15, 0.2) is 0 Å². The molecule has 3 heteroatoms. The van der Waals surface area contributed by atoms with Gasteiger partial charge in [-0.05, 0) is 69.2 Å². The second kappa shape index (κ2) is 5.95. The molecule has 0 saturated heterocycles. The van der Waals surface area contributed by atoms with E-state index in [1.807, 2.05) is 30.6 Å². The van der Waals surface area contributed by atoms with Gasteiger partial charge in [-0.1, -0.05) is 0 Å². The lowest BCUT2D eigenvalue weighted by Crippen LogP contribution is -2.22. The Morgan fingerprint density at radius 1 is 1.10 bits per heavy atom. The highest BCUT2D eigenvalue weighted by molar-refractivity contribution is 5.53. The van der Waals surface area contributed by atoms with E-state index in [0.717, 1.165) is 18.0 Å². The van der Waals surface area contributed by atoms with Crippen LogP contribution in [0, 0.1) is 6.92 Å². The second-order valence-corrected chi connectivity index (χ2v) is 5.90. The summed E-state index contributed by atoms with van der Waals surface area (Å²) >= 11 is 0. The van der Waals surface area contributed by atoms with Crippen molar-refractivity contribution < 1.29 is 4.74 Å². The maximum atomic E-state index is 5.86. The highest BCUT2D eigenvalue weighted by Gasteiger charge is 2.12. The van der Waals surface area contributed by atoms with Crippen molar-refractivity contribution in [2.24, 2.45) is 0 Å². The van der Waals surface area contributed by atoms with Crippen molar-refractivity contribution >= 4 is 5.69 Å². The quantitative estimate of drug-likeness (QED) is 0.905. The molecule has 2 rings (SSSR count). The molecule has 1 aromatic heterocycles. The van der Waals surface area contributed by atoms with E-state index in [4.69, 9.17) is 4.74 Å². The van der Waals surface area contributed by atoms with Crippen LogP contribution in [0.1, 0.15) is 31.9 Å². The predicted octanol–water partition coefficient (Wildman–Crippen LogP) is 4.18. The summed E-state index contributed by atoms with van der Waals surface area (Å²) in [6, 6.07) is 10.2. The summed E-state index contributed by atoms with van der Waals surface area (Å²) in [5.74, 6) is 0.907. The molecule has 2 aromatic rings. The molecule has 1 aromatic carbocycles. The minimum Gasteiger partial charge on any atom is -0.488 e. The van der Waals surface area contributed by atoms with E-state index in [0.29, 0.717) is 0 Å². The van der Waals surface area contributed by atoms with Crippen molar-refractivity contribution in [1.29, 1.82) is 0 Å². The van der Waals surface area contributed by atoms with Crippen molar-refractivity contribution in [1.82, 2.24) is 4.98 Å². The average molecular weight is 270 g/mol. The Labute approximate surface area is 121 Å². The zero-order chi connectivity index (χ0) is 14.6. The van der Waals surface area contributed by atoms with Crippen LogP contribution in [0.4, 0.5) is 5.69 Å². The van der Waals surface area contributed by atoms with Crippen molar-refractivity contribution in [2.45, 2.75) is 39.8 Å². The molecule has 0 aliphatic rings. The van der Waals surface area contributed by atoms with Gasteiger partial charge in [0.1, 0.15) is 11.4 Å². The fraction of sp³-hybridized carbons (Fsp3) is 0.353. The van der Waals surface area contributed by atoms with E-state index in [2.05, 4.69) is 50.1 Å². The van der Waals surface area contributed by atoms with Crippen LogP contribution >= 0.6 is 0 Å². The van der Waals surface area contributed by atoms with Gasteiger partial charge in [0.2, 0.25) is 0 Å². The van der Waals surface area contributed by atoms with Crippen molar-refractivity contribution in [3.63, 3.8) is 0 Å². The lowest BCUT2D eigenvalue weighted by atomic mass is 10.1. The molecule has 1 heterocycles. The van der Waals surface area contributed by atoms with Crippen LogP contribution in [0.2, 0.25) is 0 Å². The fourth-order valence-corrected chi connectivity index (χ4v) is 1.95. The summed E-state index contributed by atoms with van der Waals surface area (Å²) in [5, 5.41) is 3.44. The first-order valence-electron chi connectivity index (χ1n) is 6.86. The molecule has 0 atom stereocenters. The second-order valence-electron chi connectivity index (χ2n) is 5.90. The first kappa shape index (κ1) is 14.4. The van der Waals surface area contributed by atoms with Gasteiger partial charge < -0.3 is 10.1 Å². The summed E-state index contributed by atoms with van der Waals surface area (Å²) in [5.41, 5.74) is 3.36. The Bertz CT molecular complexity index is 559. The van der Waals surface area contributed by atoms with Gasteiger partial charge in [-0.25, -0.2) is 0 Å². The van der Waals surface area contributed by atoms with Crippen LogP contribution in [0.5, 0.6) is 5.75 Å². The van der Waals surface area contributed by atoms with E-state index in [9.17, 15) is 0 Å². The smallest absolute Gasteiger partial charge is 0.120 e. The third kappa shape index (κ3) is 4.26. The van der Waals surface area contributed by atoms with Crippen molar-refractivity contribution in [3.8, 4) is 5.75 Å². The minimum absolute atomic E-state index is 0.168. The Morgan fingerprint density at radius 3 is 2.40 bits per heavy atom. The van der Waals surface area contributed by atoms with Gasteiger partial charge in [-0.2, -0.15) is 0 Å². The molecular formula is C17H22N2O. The highest BCUT2D eigenvalue weighted by atomic mass is 16.5. The first-order valence-corrected chi connectivity index (χ1v) is 6.86. The highest BCUT2D eigenvalue weighted by Crippen LogP contribution is 2.24. The van der Waals surface area contributed by atoms with Crippen LogP contribution < -0.4 is 10.1 Å². The SMILES string of the molecule is Cc1cc(OC(C)(C)C)ccc1NCc1ccncc1. The minimum atomic E-state index is -0.168. The topological polar surface area (TPSA) is 34.1 Å². The summed E-state index contributed by atoms with van der Waals surface area (Å²) < 4.78 is 5.86. The van der Waals surface area contributed by atoms with Crippen LogP contribution in [-0.2, 0) is 6.54 Å². The van der Waals surface area contributed by atoms with E-state index in [-0.39, 0.29) is 5.60 Å². The summed E-state index contributed by atoms with van der Waals surface area (Å²) in [4.78, 5) is 4.02. The third-order valence-corrected chi connectivity index (χ3v) is 2.85. The number of pyridine rings is 1. The zero-order valence-electron chi connectivity index (χ0n) is 12.6. The maximum Gasteiger partial charge on any atom is 0.120 e. The van der Waals surface area contributed by atoms with Crippen LogP contribution in [-0.4, -0.2) is 10.6 Å². The molecule has 0 fully saturated rings. The standard InChI is InChI=1S/C17H22N2O/c1-13-11-15(20-17(2,3)4)5-6-16(13)19-12-14-7-9-18-10-8-14/h5-11,19H,12H2,1-4H3. The third-order valence-electron chi connectivity index (χ3n) is 2.85. The van der Waals surface area contributed by atoms with E-state index in [1.54, 1.807) is 0 Å². The van der Waals surface area contributed by atoms with Crippen LogP contribution in [0.15, 0.2) is 42.7 Å². The number of ether oxygens (including phenoxy) is 1. The number of benzene rings is 1. The number of aromatic nitrogens is 1. The summed E-state index contributed by atoms with van der Waals surface area (Å²) in [6.07, 6.45) is 3.62. The molecule has 0 bridgehead atoms. The number of hydrogen-bond donors (Lipinski definition) is 1. The molecule has 0 spiro atoms. The molecule has 20 heavy (non-hydrogen) atoms. The zero-order valence-corrected chi connectivity index (χ0v) is 12.6. The largest absolute Gasteiger partial charge is 0.488 e. The Balaban J connectivity index is 2.03. The molecular weight excluding hydrogens is 248 g/mol. The Kier molecular flexibility index (Phi) is 4.28. The van der Waals surface area contributed by atoms with E-state index in [1.165, 1.54) is 11.1 Å². The van der Waals surface area contributed by atoms with Gasteiger partial charge in [-0.15, -0.1) is 0 Å². The number of nitrogens with one attached hydrogen (secondary N) is 1. The lowest BCUT2D eigenvalue weighted by molar-refractivity contribution is 0.131. The molecule has 0 amide bonds. The van der Waals surface area contributed by atoms with Crippen LogP contribution in [0.3, 0.4) is 0 Å².